The number of methoxy groups -OCH3 is 1. The van der Waals surface area contributed by atoms with Crippen LogP contribution < -0.4 is 10.1 Å². The van der Waals surface area contributed by atoms with Crippen molar-refractivity contribution in [3.8, 4) is 5.75 Å². The number of hydrogen-bond acceptors (Lipinski definition) is 2. The lowest BCUT2D eigenvalue weighted by atomic mass is 9.59. The standard InChI is InChI=1S/C32H33NO/c1-23-22-31(2,3)33-29-21-28(30(34-4)20-27(23)29)32(24-14-8-5-9-15-24,25-16-10-6-11-17-25)26-18-12-7-13-19-26/h5-18,20-22,26,33H,19H2,1-4H3/t26-/m0/s1. The molecule has 1 aliphatic carbocycles. The number of hydrogen-bond donors (Lipinski definition) is 1. The van der Waals surface area contributed by atoms with E-state index in [1.807, 2.05) is 0 Å². The molecular formula is C32H33NO. The molecule has 2 heteroatoms. The molecule has 0 amide bonds. The minimum absolute atomic E-state index is 0.113. The van der Waals surface area contributed by atoms with Gasteiger partial charge in [0.25, 0.3) is 0 Å². The molecule has 0 unspecified atom stereocenters. The maximum Gasteiger partial charge on any atom is 0.124 e. The summed E-state index contributed by atoms with van der Waals surface area (Å²) < 4.78 is 6.15. The highest BCUT2D eigenvalue weighted by Crippen LogP contribution is 2.53. The molecular weight excluding hydrogens is 414 g/mol. The minimum Gasteiger partial charge on any atom is -0.496 e. The van der Waals surface area contributed by atoms with E-state index in [0.717, 1.165) is 17.9 Å². The molecule has 0 aromatic heterocycles. The fourth-order valence-corrected chi connectivity index (χ4v) is 5.90. The van der Waals surface area contributed by atoms with E-state index in [2.05, 4.69) is 129 Å². The van der Waals surface area contributed by atoms with E-state index in [9.17, 15) is 0 Å². The zero-order valence-corrected chi connectivity index (χ0v) is 20.5. The van der Waals surface area contributed by atoms with Crippen molar-refractivity contribution in [2.24, 2.45) is 5.92 Å². The summed E-state index contributed by atoms with van der Waals surface area (Å²) in [6.45, 7) is 6.64. The van der Waals surface area contributed by atoms with Crippen LogP contribution >= 0.6 is 0 Å². The molecule has 3 aromatic rings. The number of ether oxygens (including phenoxy) is 1. The van der Waals surface area contributed by atoms with Gasteiger partial charge in [-0.1, -0.05) is 91.0 Å². The second kappa shape index (κ2) is 8.68. The Labute approximate surface area is 203 Å². The predicted molar refractivity (Wildman–Crippen MR) is 143 cm³/mol. The topological polar surface area (TPSA) is 21.3 Å². The fourth-order valence-electron chi connectivity index (χ4n) is 5.90. The molecule has 1 heterocycles. The lowest BCUT2D eigenvalue weighted by Crippen LogP contribution is -2.38. The van der Waals surface area contributed by atoms with Crippen LogP contribution in [0.5, 0.6) is 5.75 Å². The number of benzene rings is 3. The van der Waals surface area contributed by atoms with Crippen molar-refractivity contribution in [1.29, 1.82) is 0 Å². The van der Waals surface area contributed by atoms with Crippen molar-refractivity contribution in [2.75, 3.05) is 12.4 Å². The maximum absolute atomic E-state index is 6.15. The van der Waals surface area contributed by atoms with E-state index in [-0.39, 0.29) is 11.5 Å². The Hall–Kier alpha value is -3.52. The predicted octanol–water partition coefficient (Wildman–Crippen LogP) is 7.77. The van der Waals surface area contributed by atoms with E-state index in [4.69, 9.17) is 4.74 Å². The quantitative estimate of drug-likeness (QED) is 0.403. The van der Waals surface area contributed by atoms with Crippen LogP contribution in [0.15, 0.2) is 103 Å². The summed E-state index contributed by atoms with van der Waals surface area (Å²) in [4.78, 5) is 0. The van der Waals surface area contributed by atoms with Gasteiger partial charge in [-0.25, -0.2) is 0 Å². The number of fused-ring (bicyclic) bond motifs is 1. The SMILES string of the molecule is COc1cc2c(cc1C(c1ccccc1)(c1ccccc1)[C@H]1C=CC=CC1)NC(C)(C)C=C2C. The molecule has 34 heavy (non-hydrogen) atoms. The summed E-state index contributed by atoms with van der Waals surface area (Å²) in [5.41, 5.74) is 6.84. The fraction of sp³-hybridized carbons (Fsp3) is 0.250. The molecule has 0 saturated carbocycles. The largest absolute Gasteiger partial charge is 0.496 e. The first kappa shape index (κ1) is 22.3. The van der Waals surface area contributed by atoms with Crippen molar-refractivity contribution in [1.82, 2.24) is 0 Å². The minimum atomic E-state index is -0.412. The molecule has 2 aliphatic rings. The highest BCUT2D eigenvalue weighted by atomic mass is 16.5. The van der Waals surface area contributed by atoms with E-state index < -0.39 is 5.41 Å². The highest BCUT2D eigenvalue weighted by Gasteiger charge is 2.45. The molecule has 1 aliphatic heterocycles. The van der Waals surface area contributed by atoms with Gasteiger partial charge in [0.2, 0.25) is 0 Å². The van der Waals surface area contributed by atoms with Crippen molar-refractivity contribution >= 4 is 11.3 Å². The lowest BCUT2D eigenvalue weighted by Gasteiger charge is -2.43. The Bertz CT molecular complexity index is 1230. The smallest absolute Gasteiger partial charge is 0.124 e. The number of rotatable bonds is 5. The molecule has 172 valence electrons. The number of anilines is 1. The third-order valence-corrected chi connectivity index (χ3v) is 7.22. The number of nitrogens with one attached hydrogen (secondary N) is 1. The van der Waals surface area contributed by atoms with Crippen LogP contribution in [0, 0.1) is 5.92 Å². The average molecular weight is 448 g/mol. The second-order valence-corrected chi connectivity index (χ2v) is 9.97. The van der Waals surface area contributed by atoms with Gasteiger partial charge in [-0.3, -0.25) is 0 Å². The van der Waals surface area contributed by atoms with Gasteiger partial charge in [-0.15, -0.1) is 0 Å². The Morgan fingerprint density at radius 3 is 2.12 bits per heavy atom. The van der Waals surface area contributed by atoms with E-state index in [1.54, 1.807) is 7.11 Å². The van der Waals surface area contributed by atoms with Gasteiger partial charge in [0, 0.05) is 16.8 Å². The molecule has 5 rings (SSSR count). The Morgan fingerprint density at radius 1 is 0.912 bits per heavy atom. The van der Waals surface area contributed by atoms with Gasteiger partial charge < -0.3 is 10.1 Å². The average Bonchev–Trinajstić information content (AvgIpc) is 2.85. The van der Waals surface area contributed by atoms with Crippen LogP contribution in [0.25, 0.3) is 5.57 Å². The second-order valence-electron chi connectivity index (χ2n) is 9.97. The molecule has 0 spiro atoms. The van der Waals surface area contributed by atoms with Crippen molar-refractivity contribution in [2.45, 2.75) is 38.1 Å². The highest BCUT2D eigenvalue weighted by molar-refractivity contribution is 5.82. The first-order valence-corrected chi connectivity index (χ1v) is 12.1. The van der Waals surface area contributed by atoms with Gasteiger partial charge >= 0.3 is 0 Å². The van der Waals surface area contributed by atoms with Crippen LogP contribution in [0.4, 0.5) is 5.69 Å². The van der Waals surface area contributed by atoms with Crippen LogP contribution in [0.1, 0.15) is 49.4 Å². The van der Waals surface area contributed by atoms with Crippen LogP contribution in [0.3, 0.4) is 0 Å². The Kier molecular flexibility index (Phi) is 5.69. The van der Waals surface area contributed by atoms with Gasteiger partial charge in [-0.2, -0.15) is 0 Å². The normalized spacial score (nSPS) is 18.6. The van der Waals surface area contributed by atoms with Crippen molar-refractivity contribution in [3.63, 3.8) is 0 Å². The Balaban J connectivity index is 1.88. The molecule has 0 bridgehead atoms. The molecule has 0 fully saturated rings. The first-order valence-electron chi connectivity index (χ1n) is 12.1. The van der Waals surface area contributed by atoms with Crippen LogP contribution in [-0.2, 0) is 5.41 Å². The third kappa shape index (κ3) is 3.68. The summed E-state index contributed by atoms with van der Waals surface area (Å²) in [5.74, 6) is 1.16. The van der Waals surface area contributed by atoms with Crippen molar-refractivity contribution < 1.29 is 4.74 Å². The molecule has 1 N–H and O–H groups in total. The molecule has 0 saturated heterocycles. The first-order chi connectivity index (χ1) is 16.5. The van der Waals surface area contributed by atoms with E-state index in [1.165, 1.54) is 27.8 Å². The number of allylic oxidation sites excluding steroid dienone is 5. The van der Waals surface area contributed by atoms with Crippen LogP contribution in [0.2, 0.25) is 0 Å². The molecule has 0 radical (unpaired) electrons. The zero-order chi connectivity index (χ0) is 23.8. The van der Waals surface area contributed by atoms with E-state index in [0.29, 0.717) is 0 Å². The lowest BCUT2D eigenvalue weighted by molar-refractivity contribution is 0.380. The monoisotopic (exact) mass is 447 g/mol. The van der Waals surface area contributed by atoms with Crippen molar-refractivity contribution in [3.05, 3.63) is 125 Å². The van der Waals surface area contributed by atoms with Gasteiger partial charge in [0.05, 0.1) is 18.1 Å². The Morgan fingerprint density at radius 2 is 1.56 bits per heavy atom. The van der Waals surface area contributed by atoms with Gasteiger partial charge in [-0.05, 0) is 61.9 Å². The molecule has 2 nitrogen and oxygen atoms in total. The van der Waals surface area contributed by atoms with Gasteiger partial charge in [0.15, 0.2) is 0 Å². The van der Waals surface area contributed by atoms with Crippen LogP contribution in [-0.4, -0.2) is 12.6 Å². The molecule has 1 atom stereocenters. The summed E-state index contributed by atoms with van der Waals surface area (Å²) >= 11 is 0. The van der Waals surface area contributed by atoms with E-state index >= 15 is 0 Å². The summed E-state index contributed by atoms with van der Waals surface area (Å²) in [6.07, 6.45) is 12.2. The summed E-state index contributed by atoms with van der Waals surface area (Å²) in [6, 6.07) is 26.4. The molecule has 3 aromatic carbocycles. The summed E-state index contributed by atoms with van der Waals surface area (Å²) in [5, 5.41) is 3.77. The van der Waals surface area contributed by atoms with Gasteiger partial charge in [0.1, 0.15) is 5.75 Å². The maximum atomic E-state index is 6.15. The summed E-state index contributed by atoms with van der Waals surface area (Å²) in [7, 11) is 1.79. The zero-order valence-electron chi connectivity index (χ0n) is 20.5. The third-order valence-electron chi connectivity index (χ3n) is 7.22.